The summed E-state index contributed by atoms with van der Waals surface area (Å²) in [5.74, 6) is -0.932. The van der Waals surface area contributed by atoms with Crippen LogP contribution in [-0.4, -0.2) is 22.7 Å². The van der Waals surface area contributed by atoms with Gasteiger partial charge in [-0.2, -0.15) is 0 Å². The molecule has 5 nitrogen and oxygen atoms in total. The summed E-state index contributed by atoms with van der Waals surface area (Å²) in [7, 11) is 0. The van der Waals surface area contributed by atoms with Crippen LogP contribution in [0.3, 0.4) is 0 Å². The summed E-state index contributed by atoms with van der Waals surface area (Å²) in [5, 5.41) is 21.8. The number of anilines is 1. The van der Waals surface area contributed by atoms with Crippen LogP contribution in [0.4, 0.5) is 10.1 Å². The molecule has 24 heavy (non-hydrogen) atoms. The Morgan fingerprint density at radius 1 is 1.21 bits per heavy atom. The summed E-state index contributed by atoms with van der Waals surface area (Å²) < 4.78 is 18.8. The van der Waals surface area contributed by atoms with Crippen molar-refractivity contribution in [2.45, 2.75) is 20.1 Å². The molecule has 0 atom stereocenters. The van der Waals surface area contributed by atoms with Gasteiger partial charge in [-0.15, -0.1) is 0 Å². The molecule has 0 aromatic heterocycles. The predicted octanol–water partition coefficient (Wildman–Crippen LogP) is 2.79. The van der Waals surface area contributed by atoms with Crippen LogP contribution in [0.2, 0.25) is 5.02 Å². The monoisotopic (exact) mass is 353 g/mol. The lowest BCUT2D eigenvalue weighted by Crippen LogP contribution is -2.21. The lowest BCUT2D eigenvalue weighted by molar-refractivity contribution is -0.118. The summed E-state index contributed by atoms with van der Waals surface area (Å²) in [5.41, 5.74) is 1.71. The van der Waals surface area contributed by atoms with E-state index in [-0.39, 0.29) is 23.5 Å². The van der Waals surface area contributed by atoms with Crippen molar-refractivity contribution in [1.82, 2.24) is 0 Å². The number of carbonyl (C=O) groups is 1. The maximum atomic E-state index is 13.4. The highest BCUT2D eigenvalue weighted by Crippen LogP contribution is 2.26. The number of amides is 1. The third kappa shape index (κ3) is 4.44. The van der Waals surface area contributed by atoms with Gasteiger partial charge in [0.05, 0.1) is 13.2 Å². The van der Waals surface area contributed by atoms with Crippen LogP contribution in [0.5, 0.6) is 5.75 Å². The smallest absolute Gasteiger partial charge is 0.262 e. The zero-order chi connectivity index (χ0) is 17.7. The van der Waals surface area contributed by atoms with Gasteiger partial charge in [0.15, 0.2) is 6.61 Å². The molecule has 0 heterocycles. The standard InChI is InChI=1S/C17H17ClFNO4/c1-10-4-13(18)2-3-15(10)20-16(23)9-24-17-11(7-21)5-14(19)6-12(17)8-22/h2-6,21-22H,7-9H2,1H3,(H,20,23). The molecule has 2 rings (SSSR count). The summed E-state index contributed by atoms with van der Waals surface area (Å²) >= 11 is 5.86. The average Bonchev–Trinajstić information content (AvgIpc) is 2.55. The van der Waals surface area contributed by atoms with Crippen molar-refractivity contribution in [3.8, 4) is 5.75 Å². The normalized spacial score (nSPS) is 10.5. The Bertz CT molecular complexity index is 726. The van der Waals surface area contributed by atoms with Crippen LogP contribution in [0.1, 0.15) is 16.7 Å². The van der Waals surface area contributed by atoms with Crippen molar-refractivity contribution in [2.75, 3.05) is 11.9 Å². The number of rotatable bonds is 6. The van der Waals surface area contributed by atoms with Crippen LogP contribution in [0, 0.1) is 12.7 Å². The van der Waals surface area contributed by atoms with E-state index in [0.717, 1.165) is 17.7 Å². The molecule has 0 bridgehead atoms. The first kappa shape index (κ1) is 18.2. The number of nitrogens with one attached hydrogen (secondary N) is 1. The zero-order valence-electron chi connectivity index (χ0n) is 13.0. The molecule has 0 unspecified atom stereocenters. The number of aliphatic hydroxyl groups excluding tert-OH is 2. The van der Waals surface area contributed by atoms with Gasteiger partial charge in [0, 0.05) is 21.8 Å². The fourth-order valence-corrected chi connectivity index (χ4v) is 2.45. The highest BCUT2D eigenvalue weighted by atomic mass is 35.5. The first-order chi connectivity index (χ1) is 11.4. The Balaban J connectivity index is 2.09. The third-order valence-corrected chi connectivity index (χ3v) is 3.59. The second-order valence-corrected chi connectivity index (χ2v) is 5.60. The Hall–Kier alpha value is -2.15. The largest absolute Gasteiger partial charge is 0.483 e. The Morgan fingerprint density at radius 3 is 2.38 bits per heavy atom. The molecule has 0 saturated carbocycles. The maximum absolute atomic E-state index is 13.4. The summed E-state index contributed by atoms with van der Waals surface area (Å²) in [6.45, 7) is 0.500. The van der Waals surface area contributed by atoms with E-state index in [4.69, 9.17) is 16.3 Å². The van der Waals surface area contributed by atoms with Crippen LogP contribution < -0.4 is 10.1 Å². The third-order valence-electron chi connectivity index (χ3n) is 3.36. The van der Waals surface area contributed by atoms with Crippen LogP contribution in [0.25, 0.3) is 0 Å². The molecule has 0 aliphatic rings. The number of aryl methyl sites for hydroxylation is 1. The Labute approximate surface area is 143 Å². The van der Waals surface area contributed by atoms with Crippen LogP contribution >= 0.6 is 11.6 Å². The van der Waals surface area contributed by atoms with E-state index in [1.807, 2.05) is 0 Å². The predicted molar refractivity (Wildman–Crippen MR) is 88.6 cm³/mol. The van der Waals surface area contributed by atoms with Gasteiger partial charge < -0.3 is 20.3 Å². The van der Waals surface area contributed by atoms with Crippen molar-refractivity contribution in [3.05, 3.63) is 57.9 Å². The van der Waals surface area contributed by atoms with E-state index in [1.165, 1.54) is 0 Å². The van der Waals surface area contributed by atoms with Gasteiger partial charge >= 0.3 is 0 Å². The average molecular weight is 354 g/mol. The molecule has 0 radical (unpaired) electrons. The molecule has 0 fully saturated rings. The second kappa shape index (κ2) is 8.10. The second-order valence-electron chi connectivity index (χ2n) is 5.17. The van der Waals surface area contributed by atoms with Crippen molar-refractivity contribution < 1.29 is 24.1 Å². The van der Waals surface area contributed by atoms with Crippen molar-refractivity contribution in [1.29, 1.82) is 0 Å². The fraction of sp³-hybridized carbons (Fsp3) is 0.235. The highest BCUT2D eigenvalue weighted by Gasteiger charge is 2.14. The molecule has 2 aromatic rings. The van der Waals surface area contributed by atoms with Crippen molar-refractivity contribution in [2.24, 2.45) is 0 Å². The molecule has 128 valence electrons. The number of carbonyl (C=O) groups excluding carboxylic acids is 1. The van der Waals surface area contributed by atoms with E-state index >= 15 is 0 Å². The van der Waals surface area contributed by atoms with Gasteiger partial charge in [0.25, 0.3) is 5.91 Å². The minimum atomic E-state index is -0.600. The molecule has 0 saturated heterocycles. The fourth-order valence-electron chi connectivity index (χ4n) is 2.22. The number of benzene rings is 2. The number of aliphatic hydroxyl groups is 2. The molecule has 0 aliphatic carbocycles. The topological polar surface area (TPSA) is 78.8 Å². The number of halogens is 2. The quantitative estimate of drug-likeness (QED) is 0.746. The molecular weight excluding hydrogens is 337 g/mol. The van der Waals surface area contributed by atoms with E-state index in [1.54, 1.807) is 25.1 Å². The van der Waals surface area contributed by atoms with E-state index in [2.05, 4.69) is 5.32 Å². The van der Waals surface area contributed by atoms with Gasteiger partial charge in [-0.3, -0.25) is 4.79 Å². The SMILES string of the molecule is Cc1cc(Cl)ccc1NC(=O)COc1c(CO)cc(F)cc1CO. The zero-order valence-corrected chi connectivity index (χ0v) is 13.7. The molecule has 0 spiro atoms. The lowest BCUT2D eigenvalue weighted by atomic mass is 10.1. The van der Waals surface area contributed by atoms with Crippen molar-refractivity contribution in [3.63, 3.8) is 0 Å². The Kier molecular flexibility index (Phi) is 6.14. The van der Waals surface area contributed by atoms with E-state index < -0.39 is 24.9 Å². The molecule has 0 aliphatic heterocycles. The van der Waals surface area contributed by atoms with Gasteiger partial charge in [0.1, 0.15) is 11.6 Å². The minimum Gasteiger partial charge on any atom is -0.483 e. The van der Waals surface area contributed by atoms with Gasteiger partial charge in [0.2, 0.25) is 0 Å². The van der Waals surface area contributed by atoms with Crippen LogP contribution in [-0.2, 0) is 18.0 Å². The van der Waals surface area contributed by atoms with Crippen LogP contribution in [0.15, 0.2) is 30.3 Å². The molecular formula is C17H17ClFNO4. The molecule has 7 heteroatoms. The van der Waals surface area contributed by atoms with E-state index in [0.29, 0.717) is 10.7 Å². The number of hydrogen-bond acceptors (Lipinski definition) is 4. The lowest BCUT2D eigenvalue weighted by Gasteiger charge is -2.15. The van der Waals surface area contributed by atoms with Gasteiger partial charge in [-0.05, 0) is 42.8 Å². The number of hydrogen-bond donors (Lipinski definition) is 3. The van der Waals surface area contributed by atoms with Gasteiger partial charge in [-0.25, -0.2) is 4.39 Å². The maximum Gasteiger partial charge on any atom is 0.262 e. The number of ether oxygens (including phenoxy) is 1. The molecule has 1 amide bonds. The Morgan fingerprint density at radius 2 is 1.83 bits per heavy atom. The first-order valence-corrected chi connectivity index (χ1v) is 7.54. The van der Waals surface area contributed by atoms with E-state index in [9.17, 15) is 19.4 Å². The summed E-state index contributed by atoms with van der Waals surface area (Å²) in [4.78, 5) is 12.0. The highest BCUT2D eigenvalue weighted by molar-refractivity contribution is 6.30. The summed E-state index contributed by atoms with van der Waals surface area (Å²) in [6, 6.07) is 7.22. The molecule has 3 N–H and O–H groups in total. The first-order valence-electron chi connectivity index (χ1n) is 7.16. The van der Waals surface area contributed by atoms with Crippen molar-refractivity contribution >= 4 is 23.2 Å². The van der Waals surface area contributed by atoms with Gasteiger partial charge in [-0.1, -0.05) is 11.6 Å². The summed E-state index contributed by atoms with van der Waals surface area (Å²) in [6.07, 6.45) is 0. The minimum absolute atomic E-state index is 0.101. The molecule has 2 aromatic carbocycles.